The summed E-state index contributed by atoms with van der Waals surface area (Å²) in [5.74, 6) is 1.81. The number of amidine groups is 1. The summed E-state index contributed by atoms with van der Waals surface area (Å²) in [7, 11) is -3.64. The van der Waals surface area contributed by atoms with Gasteiger partial charge in [-0.05, 0) is 48.0 Å². The van der Waals surface area contributed by atoms with Gasteiger partial charge in [0.25, 0.3) is 10.0 Å². The van der Waals surface area contributed by atoms with Crippen LogP contribution in [0.25, 0.3) is 0 Å². The van der Waals surface area contributed by atoms with Crippen molar-refractivity contribution in [2.75, 3.05) is 6.79 Å². The van der Waals surface area contributed by atoms with Gasteiger partial charge in [-0.3, -0.25) is 9.71 Å². The minimum absolute atomic E-state index is 0.161. The Hall–Kier alpha value is -3.13. The molecule has 4 rings (SSSR count). The lowest BCUT2D eigenvalue weighted by atomic mass is 10.2. The molecule has 2 aromatic carbocycles. The van der Waals surface area contributed by atoms with Crippen molar-refractivity contribution in [3.8, 4) is 11.5 Å². The number of ether oxygens (including phenoxy) is 2. The van der Waals surface area contributed by atoms with E-state index in [4.69, 9.17) is 9.47 Å². The molecule has 0 aliphatic carbocycles. The molecule has 0 unspecified atom stereocenters. The third kappa shape index (κ3) is 3.45. The smallest absolute Gasteiger partial charge is 0.262 e. The lowest BCUT2D eigenvalue weighted by Crippen LogP contribution is -2.29. The first-order valence-corrected chi connectivity index (χ1v) is 9.37. The molecule has 0 saturated carbocycles. The second-order valence-corrected chi connectivity index (χ2v) is 7.32. The zero-order valence-corrected chi connectivity index (χ0v) is 14.4. The molecule has 0 amide bonds. The Labute approximate surface area is 150 Å². The third-order valence-corrected chi connectivity index (χ3v) is 5.20. The van der Waals surface area contributed by atoms with Crippen molar-refractivity contribution in [3.63, 3.8) is 0 Å². The van der Waals surface area contributed by atoms with E-state index in [0.29, 0.717) is 29.4 Å². The molecule has 132 valence electrons. The Morgan fingerprint density at radius 1 is 1.08 bits per heavy atom. The second kappa shape index (κ2) is 6.64. The van der Waals surface area contributed by atoms with Crippen LogP contribution in [-0.4, -0.2) is 27.3 Å². The number of benzene rings is 2. The average Bonchev–Trinajstić information content (AvgIpc) is 3.31. The number of rotatable bonds is 4. The highest BCUT2D eigenvalue weighted by atomic mass is 32.2. The number of fused-ring (bicyclic) bond motifs is 1. The minimum Gasteiger partial charge on any atom is -0.454 e. The monoisotopic (exact) mass is 369 g/mol. The Morgan fingerprint density at radius 2 is 1.88 bits per heavy atom. The van der Waals surface area contributed by atoms with Crippen LogP contribution in [0, 0.1) is 0 Å². The van der Waals surface area contributed by atoms with Crippen LogP contribution >= 0.6 is 0 Å². The maximum atomic E-state index is 12.3. The highest BCUT2D eigenvalue weighted by molar-refractivity contribution is 7.90. The van der Waals surface area contributed by atoms with Gasteiger partial charge in [0.2, 0.25) is 6.79 Å². The van der Waals surface area contributed by atoms with E-state index in [0.717, 1.165) is 5.56 Å². The minimum atomic E-state index is -3.64. The van der Waals surface area contributed by atoms with E-state index >= 15 is 0 Å². The first kappa shape index (κ1) is 16.3. The number of nitrogens with zero attached hydrogens (tertiary/aromatic N) is 2. The molecule has 1 N–H and O–H groups in total. The predicted octanol–water partition coefficient (Wildman–Crippen LogP) is 2.76. The van der Waals surface area contributed by atoms with Gasteiger partial charge >= 0.3 is 0 Å². The standard InChI is InChI=1S/C18H15N3O4S/c22-26(23,21-18-2-1-9-19-18)15-6-4-14(5-7-15)20-11-13-3-8-16-17(10-13)25-12-24-16/h1,3-11H,2,12H2,(H,19,21)/b20-11+. The number of hydrogen-bond acceptors (Lipinski definition) is 6. The molecule has 0 saturated heterocycles. The average molecular weight is 369 g/mol. The predicted molar refractivity (Wildman–Crippen MR) is 97.8 cm³/mol. The summed E-state index contributed by atoms with van der Waals surface area (Å²) in [5.41, 5.74) is 1.50. The SMILES string of the molecule is O=S(=O)(NC1=NC=CC1)c1ccc(/N=C/c2ccc3c(c2)OCO3)cc1. The summed E-state index contributed by atoms with van der Waals surface area (Å²) in [4.78, 5) is 8.47. The molecule has 0 spiro atoms. The molecule has 0 radical (unpaired) electrons. The van der Waals surface area contributed by atoms with Crippen LogP contribution in [0.1, 0.15) is 12.0 Å². The van der Waals surface area contributed by atoms with Crippen molar-refractivity contribution in [2.45, 2.75) is 11.3 Å². The molecule has 2 aromatic rings. The van der Waals surface area contributed by atoms with E-state index in [-0.39, 0.29) is 11.7 Å². The van der Waals surface area contributed by atoms with Gasteiger partial charge in [0, 0.05) is 18.8 Å². The lowest BCUT2D eigenvalue weighted by molar-refractivity contribution is 0.174. The van der Waals surface area contributed by atoms with E-state index in [9.17, 15) is 8.42 Å². The third-order valence-electron chi connectivity index (χ3n) is 3.81. The Kier molecular flexibility index (Phi) is 4.18. The molecular formula is C18H15N3O4S. The first-order chi connectivity index (χ1) is 12.6. The van der Waals surface area contributed by atoms with Crippen molar-refractivity contribution in [1.82, 2.24) is 4.72 Å². The molecule has 0 fully saturated rings. The van der Waals surface area contributed by atoms with Crippen LogP contribution in [-0.2, 0) is 10.0 Å². The van der Waals surface area contributed by atoms with Crippen LogP contribution in [0.15, 0.2) is 69.6 Å². The largest absolute Gasteiger partial charge is 0.454 e. The zero-order chi connectivity index (χ0) is 18.0. The van der Waals surface area contributed by atoms with Crippen molar-refractivity contribution in [3.05, 3.63) is 60.3 Å². The van der Waals surface area contributed by atoms with Gasteiger partial charge in [-0.25, -0.2) is 13.4 Å². The summed E-state index contributed by atoms with van der Waals surface area (Å²) in [6.07, 6.45) is 5.53. The normalized spacial score (nSPS) is 15.5. The summed E-state index contributed by atoms with van der Waals surface area (Å²) in [5, 5.41) is 0. The fourth-order valence-electron chi connectivity index (χ4n) is 2.50. The Bertz CT molecular complexity index is 1020. The van der Waals surface area contributed by atoms with Crippen molar-refractivity contribution >= 4 is 27.8 Å². The Morgan fingerprint density at radius 3 is 2.65 bits per heavy atom. The highest BCUT2D eigenvalue weighted by Crippen LogP contribution is 2.32. The summed E-state index contributed by atoms with van der Waals surface area (Å²) >= 11 is 0. The fourth-order valence-corrected chi connectivity index (χ4v) is 3.55. The highest BCUT2D eigenvalue weighted by Gasteiger charge is 2.16. The molecule has 0 bridgehead atoms. The van der Waals surface area contributed by atoms with Gasteiger partial charge < -0.3 is 9.47 Å². The molecule has 8 heteroatoms. The quantitative estimate of drug-likeness (QED) is 0.839. The summed E-state index contributed by atoms with van der Waals surface area (Å²) in [6.45, 7) is 0.225. The maximum absolute atomic E-state index is 12.3. The number of hydrogen-bond donors (Lipinski definition) is 1. The van der Waals surface area contributed by atoms with E-state index in [2.05, 4.69) is 14.7 Å². The maximum Gasteiger partial charge on any atom is 0.262 e. The Balaban J connectivity index is 1.47. The van der Waals surface area contributed by atoms with Gasteiger partial charge in [-0.2, -0.15) is 0 Å². The van der Waals surface area contributed by atoms with Gasteiger partial charge in [0.1, 0.15) is 5.84 Å². The molecule has 0 aromatic heterocycles. The van der Waals surface area contributed by atoms with Crippen LogP contribution < -0.4 is 14.2 Å². The van der Waals surface area contributed by atoms with Crippen molar-refractivity contribution in [2.24, 2.45) is 9.98 Å². The van der Waals surface area contributed by atoms with Crippen LogP contribution in [0.5, 0.6) is 11.5 Å². The fraction of sp³-hybridized carbons (Fsp3) is 0.111. The molecule has 0 atom stereocenters. The van der Waals surface area contributed by atoms with Crippen LogP contribution in [0.3, 0.4) is 0 Å². The van der Waals surface area contributed by atoms with Crippen molar-refractivity contribution < 1.29 is 17.9 Å². The number of aliphatic imine (C=N–C) groups is 2. The molecule has 7 nitrogen and oxygen atoms in total. The molecule has 26 heavy (non-hydrogen) atoms. The summed E-state index contributed by atoms with van der Waals surface area (Å²) in [6, 6.07) is 11.8. The molecule has 2 heterocycles. The number of sulfonamides is 1. The van der Waals surface area contributed by atoms with Gasteiger partial charge in [-0.15, -0.1) is 0 Å². The van der Waals surface area contributed by atoms with E-state index in [1.807, 2.05) is 18.2 Å². The van der Waals surface area contributed by atoms with Gasteiger partial charge in [-0.1, -0.05) is 6.08 Å². The van der Waals surface area contributed by atoms with E-state index in [1.54, 1.807) is 30.6 Å². The van der Waals surface area contributed by atoms with Gasteiger partial charge in [0.05, 0.1) is 10.6 Å². The van der Waals surface area contributed by atoms with Crippen molar-refractivity contribution in [1.29, 1.82) is 0 Å². The molecular weight excluding hydrogens is 354 g/mol. The summed E-state index contributed by atoms with van der Waals surface area (Å²) < 4.78 is 37.7. The zero-order valence-electron chi connectivity index (χ0n) is 13.6. The van der Waals surface area contributed by atoms with E-state index < -0.39 is 10.0 Å². The number of nitrogens with one attached hydrogen (secondary N) is 1. The van der Waals surface area contributed by atoms with Crippen LogP contribution in [0.4, 0.5) is 5.69 Å². The molecule has 2 aliphatic heterocycles. The lowest BCUT2D eigenvalue weighted by Gasteiger charge is -2.07. The van der Waals surface area contributed by atoms with Gasteiger partial charge in [0.15, 0.2) is 11.5 Å². The molecule has 2 aliphatic rings. The first-order valence-electron chi connectivity index (χ1n) is 7.88. The van der Waals surface area contributed by atoms with E-state index in [1.165, 1.54) is 12.1 Å². The topological polar surface area (TPSA) is 89.4 Å². The van der Waals surface area contributed by atoms with Crippen LogP contribution in [0.2, 0.25) is 0 Å². The second-order valence-electron chi connectivity index (χ2n) is 5.63.